The Morgan fingerprint density at radius 3 is 1.97 bits per heavy atom. The maximum absolute atomic E-state index is 12.1. The van der Waals surface area contributed by atoms with Crippen LogP contribution < -0.4 is 23.7 Å². The fourth-order valence-corrected chi connectivity index (χ4v) is 2.86. The van der Waals surface area contributed by atoms with Gasteiger partial charge in [0, 0.05) is 0 Å². The molecule has 33 heavy (non-hydrogen) atoms. The van der Waals surface area contributed by atoms with Crippen molar-refractivity contribution in [2.75, 3.05) is 61.5 Å². The summed E-state index contributed by atoms with van der Waals surface area (Å²) in [4.78, 5) is 12.1. The van der Waals surface area contributed by atoms with Gasteiger partial charge >= 0.3 is 5.97 Å². The number of carbonyl (C=O) groups is 1. The van der Waals surface area contributed by atoms with E-state index in [4.69, 9.17) is 38.3 Å². The number of ether oxygens (including phenoxy) is 7. The normalized spacial score (nSPS) is 10.8. The van der Waals surface area contributed by atoms with Crippen LogP contribution in [0.25, 0.3) is 12.2 Å². The SMILES string of the molecule is COc1ccc(/C=C\c2cc(OC)c(OC)c(OC)c2)cc1OC(=O)COCCOCCO. The summed E-state index contributed by atoms with van der Waals surface area (Å²) in [5.74, 6) is 1.72. The lowest BCUT2D eigenvalue weighted by Gasteiger charge is -2.13. The lowest BCUT2D eigenvalue weighted by Crippen LogP contribution is -2.18. The maximum Gasteiger partial charge on any atom is 0.337 e. The zero-order chi connectivity index (χ0) is 24.1. The molecule has 0 radical (unpaired) electrons. The minimum atomic E-state index is -0.568. The molecule has 0 heterocycles. The summed E-state index contributed by atoms with van der Waals surface area (Å²) < 4.78 is 37.1. The van der Waals surface area contributed by atoms with Gasteiger partial charge in [-0.3, -0.25) is 0 Å². The lowest BCUT2D eigenvalue weighted by molar-refractivity contribution is -0.140. The van der Waals surface area contributed by atoms with E-state index in [1.807, 2.05) is 30.4 Å². The van der Waals surface area contributed by atoms with Crippen LogP contribution in [0, 0.1) is 0 Å². The van der Waals surface area contributed by atoms with Gasteiger partial charge in [-0.05, 0) is 35.4 Å². The van der Waals surface area contributed by atoms with Crippen LogP contribution in [0.1, 0.15) is 11.1 Å². The highest BCUT2D eigenvalue weighted by atomic mass is 16.6. The Bertz CT molecular complexity index is 899. The number of hydrogen-bond acceptors (Lipinski definition) is 9. The first kappa shape index (κ1) is 26.0. The number of esters is 1. The van der Waals surface area contributed by atoms with Crippen LogP contribution in [0.3, 0.4) is 0 Å². The molecule has 0 aromatic heterocycles. The third kappa shape index (κ3) is 7.98. The average molecular weight is 462 g/mol. The van der Waals surface area contributed by atoms with Gasteiger partial charge in [-0.2, -0.15) is 0 Å². The van der Waals surface area contributed by atoms with Crippen LogP contribution in [0.5, 0.6) is 28.7 Å². The molecule has 0 bridgehead atoms. The average Bonchev–Trinajstić information content (AvgIpc) is 2.84. The van der Waals surface area contributed by atoms with Gasteiger partial charge in [0.2, 0.25) is 5.75 Å². The van der Waals surface area contributed by atoms with Crippen LogP contribution in [0.2, 0.25) is 0 Å². The molecule has 0 amide bonds. The molecule has 0 atom stereocenters. The van der Waals surface area contributed by atoms with Crippen molar-refractivity contribution in [1.29, 1.82) is 0 Å². The molecule has 0 aliphatic rings. The number of carbonyl (C=O) groups excluding carboxylic acids is 1. The molecule has 0 spiro atoms. The minimum absolute atomic E-state index is 0.0633. The minimum Gasteiger partial charge on any atom is -0.493 e. The molecule has 2 aromatic rings. The molecular formula is C24H30O9. The summed E-state index contributed by atoms with van der Waals surface area (Å²) in [5.41, 5.74) is 1.61. The highest BCUT2D eigenvalue weighted by Crippen LogP contribution is 2.38. The van der Waals surface area contributed by atoms with Crippen LogP contribution in [0.15, 0.2) is 30.3 Å². The molecule has 9 nitrogen and oxygen atoms in total. The second-order valence-electron chi connectivity index (χ2n) is 6.56. The van der Waals surface area contributed by atoms with E-state index in [0.717, 1.165) is 11.1 Å². The molecule has 0 unspecified atom stereocenters. The van der Waals surface area contributed by atoms with Gasteiger partial charge in [0.05, 0.1) is 54.9 Å². The Balaban J connectivity index is 2.09. The number of hydrogen-bond donors (Lipinski definition) is 1. The zero-order valence-corrected chi connectivity index (χ0v) is 19.3. The van der Waals surface area contributed by atoms with Gasteiger partial charge in [0.1, 0.15) is 6.61 Å². The largest absolute Gasteiger partial charge is 0.493 e. The van der Waals surface area contributed by atoms with Crippen LogP contribution >= 0.6 is 0 Å². The van der Waals surface area contributed by atoms with E-state index >= 15 is 0 Å². The number of aliphatic hydroxyl groups excluding tert-OH is 1. The zero-order valence-electron chi connectivity index (χ0n) is 19.3. The van der Waals surface area contributed by atoms with Gasteiger partial charge in [0.25, 0.3) is 0 Å². The standard InChI is InChI=1S/C24H30O9/c1-27-19-8-7-17(13-20(19)33-23(26)16-32-12-11-31-10-9-25)5-6-18-14-21(28-2)24(30-4)22(15-18)29-3/h5-8,13-15,25H,9-12,16H2,1-4H3/b6-5-. The molecule has 0 fully saturated rings. The van der Waals surface area contributed by atoms with Crippen LogP contribution in [0.4, 0.5) is 0 Å². The number of benzene rings is 2. The molecule has 2 aromatic carbocycles. The lowest BCUT2D eigenvalue weighted by atomic mass is 10.1. The summed E-state index contributed by atoms with van der Waals surface area (Å²) in [6.07, 6.45) is 3.72. The van der Waals surface area contributed by atoms with Gasteiger partial charge < -0.3 is 38.3 Å². The summed E-state index contributed by atoms with van der Waals surface area (Å²) in [6, 6.07) is 8.88. The molecule has 9 heteroatoms. The first-order chi connectivity index (χ1) is 16.1. The van der Waals surface area contributed by atoms with E-state index in [1.54, 1.807) is 33.5 Å². The molecule has 0 aliphatic heterocycles. The predicted molar refractivity (Wildman–Crippen MR) is 122 cm³/mol. The predicted octanol–water partition coefficient (Wildman–Crippen LogP) is 2.82. The molecular weight excluding hydrogens is 432 g/mol. The smallest absolute Gasteiger partial charge is 0.337 e. The van der Waals surface area contributed by atoms with Crippen molar-refractivity contribution in [1.82, 2.24) is 0 Å². The van der Waals surface area contributed by atoms with E-state index in [2.05, 4.69) is 0 Å². The van der Waals surface area contributed by atoms with Gasteiger partial charge in [-0.25, -0.2) is 4.79 Å². The fourth-order valence-electron chi connectivity index (χ4n) is 2.86. The second kappa shape index (κ2) is 14.0. The van der Waals surface area contributed by atoms with E-state index in [0.29, 0.717) is 23.0 Å². The quantitative estimate of drug-likeness (QED) is 0.196. The third-order valence-electron chi connectivity index (χ3n) is 4.39. The third-order valence-corrected chi connectivity index (χ3v) is 4.39. The molecule has 0 saturated carbocycles. The Hall–Kier alpha value is -3.27. The van der Waals surface area contributed by atoms with Crippen molar-refractivity contribution >= 4 is 18.1 Å². The molecule has 2 rings (SSSR count). The van der Waals surface area contributed by atoms with Crippen LogP contribution in [-0.4, -0.2) is 72.5 Å². The summed E-state index contributed by atoms with van der Waals surface area (Å²) in [5, 5.41) is 8.65. The summed E-state index contributed by atoms with van der Waals surface area (Å²) in [6.45, 7) is 0.410. The van der Waals surface area contributed by atoms with Crippen LogP contribution in [-0.2, 0) is 14.3 Å². The monoisotopic (exact) mass is 462 g/mol. The molecule has 0 aliphatic carbocycles. The van der Waals surface area contributed by atoms with Crippen molar-refractivity contribution in [3.63, 3.8) is 0 Å². The van der Waals surface area contributed by atoms with E-state index < -0.39 is 5.97 Å². The molecule has 1 N–H and O–H groups in total. The van der Waals surface area contributed by atoms with E-state index in [9.17, 15) is 4.79 Å². The number of aliphatic hydroxyl groups is 1. The van der Waals surface area contributed by atoms with Crippen molar-refractivity contribution in [3.05, 3.63) is 41.5 Å². The Kier molecular flexibility index (Phi) is 11.0. The highest BCUT2D eigenvalue weighted by Gasteiger charge is 2.13. The first-order valence-electron chi connectivity index (χ1n) is 10.2. The maximum atomic E-state index is 12.1. The number of rotatable bonds is 14. The van der Waals surface area contributed by atoms with Gasteiger partial charge in [0.15, 0.2) is 23.0 Å². The molecule has 0 saturated heterocycles. The van der Waals surface area contributed by atoms with Crippen molar-refractivity contribution in [2.45, 2.75) is 0 Å². The first-order valence-corrected chi connectivity index (χ1v) is 10.2. The Labute approximate surface area is 193 Å². The Morgan fingerprint density at radius 1 is 0.758 bits per heavy atom. The van der Waals surface area contributed by atoms with Gasteiger partial charge in [-0.1, -0.05) is 18.2 Å². The molecule has 180 valence electrons. The van der Waals surface area contributed by atoms with Crippen molar-refractivity contribution in [3.8, 4) is 28.7 Å². The van der Waals surface area contributed by atoms with E-state index in [1.165, 1.54) is 7.11 Å². The topological polar surface area (TPSA) is 102 Å². The Morgan fingerprint density at radius 2 is 1.36 bits per heavy atom. The highest BCUT2D eigenvalue weighted by molar-refractivity contribution is 5.77. The summed E-state index contributed by atoms with van der Waals surface area (Å²) >= 11 is 0. The van der Waals surface area contributed by atoms with Crippen molar-refractivity contribution in [2.24, 2.45) is 0 Å². The van der Waals surface area contributed by atoms with Crippen molar-refractivity contribution < 1.29 is 43.1 Å². The van der Waals surface area contributed by atoms with Gasteiger partial charge in [-0.15, -0.1) is 0 Å². The fraction of sp³-hybridized carbons (Fsp3) is 0.375. The number of methoxy groups -OCH3 is 4. The second-order valence-corrected chi connectivity index (χ2v) is 6.56. The van der Waals surface area contributed by atoms with E-state index in [-0.39, 0.29) is 38.8 Å². The summed E-state index contributed by atoms with van der Waals surface area (Å²) in [7, 11) is 6.15.